The molecule has 0 bridgehead atoms. The minimum Gasteiger partial charge on any atom is -0.394 e. The van der Waals surface area contributed by atoms with E-state index in [9.17, 15) is 0 Å². The second kappa shape index (κ2) is 11.8. The highest BCUT2D eigenvalue weighted by molar-refractivity contribution is 5.27. The molecule has 0 saturated heterocycles. The molecule has 0 unspecified atom stereocenters. The third-order valence-electron chi connectivity index (χ3n) is 3.61. The number of aliphatic hydroxyl groups excluding tert-OH is 2. The van der Waals surface area contributed by atoms with E-state index in [1.165, 1.54) is 22.3 Å². The van der Waals surface area contributed by atoms with Crippen molar-refractivity contribution in [2.75, 3.05) is 13.2 Å². The topological polar surface area (TPSA) is 49.7 Å². The number of benzene rings is 2. The van der Waals surface area contributed by atoms with Gasteiger partial charge in [-0.05, 0) is 35.1 Å². The van der Waals surface area contributed by atoms with Gasteiger partial charge in [0.1, 0.15) is 0 Å². The lowest BCUT2D eigenvalue weighted by Crippen LogP contribution is -2.00. The average Bonchev–Trinajstić information content (AvgIpc) is 2.62. The van der Waals surface area contributed by atoms with Crippen molar-refractivity contribution in [3.05, 3.63) is 70.8 Å². The van der Waals surface area contributed by atoms with E-state index in [-0.39, 0.29) is 13.2 Å². The Bertz CT molecular complexity index is 503. The van der Waals surface area contributed by atoms with Crippen LogP contribution in [0.5, 0.6) is 0 Å². The highest BCUT2D eigenvalue weighted by Crippen LogP contribution is 2.14. The molecule has 126 valence electrons. The maximum absolute atomic E-state index is 7.62. The molecule has 0 radical (unpaired) electrons. The van der Waals surface area contributed by atoms with Crippen LogP contribution >= 0.6 is 0 Å². The van der Waals surface area contributed by atoms with Gasteiger partial charge in [0.15, 0.2) is 0 Å². The maximum atomic E-state index is 7.62. The van der Waals surface area contributed by atoms with Crippen LogP contribution in [0.4, 0.5) is 0 Å². The van der Waals surface area contributed by atoms with E-state index in [1.807, 2.05) is 0 Å². The predicted octanol–water partition coefficient (Wildman–Crippen LogP) is 3.50. The minimum absolute atomic E-state index is 0.125. The van der Waals surface area contributed by atoms with Crippen LogP contribution in [-0.4, -0.2) is 23.4 Å². The molecule has 0 fully saturated rings. The van der Waals surface area contributed by atoms with Crippen LogP contribution in [0.3, 0.4) is 0 Å². The smallest absolute Gasteiger partial charge is 0.0724 e. The molecular formula is C20H28O3. The number of aliphatic hydroxyl groups is 2. The average molecular weight is 316 g/mol. The molecule has 2 N–H and O–H groups in total. The summed E-state index contributed by atoms with van der Waals surface area (Å²) in [6.07, 6.45) is 2.12. The summed E-state index contributed by atoms with van der Waals surface area (Å²) < 4.78 is 5.89. The summed E-state index contributed by atoms with van der Waals surface area (Å²) in [7, 11) is 0. The Hall–Kier alpha value is -1.68. The SMILES string of the molecule is CCc1ccccc1COCc1ccccc1CC.OCCO. The normalized spacial score (nSPS) is 10.1. The zero-order chi connectivity index (χ0) is 16.9. The van der Waals surface area contributed by atoms with Gasteiger partial charge in [-0.2, -0.15) is 0 Å². The predicted molar refractivity (Wildman–Crippen MR) is 94.3 cm³/mol. The lowest BCUT2D eigenvalue weighted by Gasteiger charge is -2.11. The second-order valence-electron chi connectivity index (χ2n) is 5.18. The lowest BCUT2D eigenvalue weighted by atomic mass is 10.1. The molecule has 0 aliphatic rings. The second-order valence-corrected chi connectivity index (χ2v) is 5.18. The van der Waals surface area contributed by atoms with Crippen LogP contribution in [0, 0.1) is 0 Å². The molecule has 0 saturated carbocycles. The Morgan fingerprint density at radius 1 is 0.652 bits per heavy atom. The molecule has 0 amide bonds. The monoisotopic (exact) mass is 316 g/mol. The molecule has 0 atom stereocenters. The summed E-state index contributed by atoms with van der Waals surface area (Å²) >= 11 is 0. The minimum atomic E-state index is -0.125. The Kier molecular flexibility index (Phi) is 9.96. The highest BCUT2D eigenvalue weighted by Gasteiger charge is 2.02. The van der Waals surface area contributed by atoms with Gasteiger partial charge < -0.3 is 14.9 Å². The fourth-order valence-corrected chi connectivity index (χ4v) is 2.36. The molecule has 0 aliphatic heterocycles. The summed E-state index contributed by atoms with van der Waals surface area (Å²) in [6.45, 7) is 5.51. The summed E-state index contributed by atoms with van der Waals surface area (Å²) in [5.41, 5.74) is 5.37. The molecule has 0 spiro atoms. The van der Waals surface area contributed by atoms with Gasteiger partial charge in [-0.25, -0.2) is 0 Å². The number of hydrogen-bond acceptors (Lipinski definition) is 3. The molecule has 3 heteroatoms. The van der Waals surface area contributed by atoms with Crippen molar-refractivity contribution in [3.8, 4) is 0 Å². The molecule has 2 aromatic rings. The largest absolute Gasteiger partial charge is 0.394 e. The molecule has 2 rings (SSSR count). The summed E-state index contributed by atoms with van der Waals surface area (Å²) in [6, 6.07) is 17.0. The van der Waals surface area contributed by atoms with Crippen LogP contribution in [-0.2, 0) is 30.8 Å². The summed E-state index contributed by atoms with van der Waals surface area (Å²) in [5.74, 6) is 0. The molecule has 23 heavy (non-hydrogen) atoms. The molecule has 3 nitrogen and oxygen atoms in total. The number of aryl methyl sites for hydroxylation is 2. The van der Waals surface area contributed by atoms with Crippen LogP contribution < -0.4 is 0 Å². The van der Waals surface area contributed by atoms with Crippen LogP contribution in [0.2, 0.25) is 0 Å². The van der Waals surface area contributed by atoms with Gasteiger partial charge in [0.25, 0.3) is 0 Å². The van der Waals surface area contributed by atoms with E-state index in [2.05, 4.69) is 62.4 Å². The summed E-state index contributed by atoms with van der Waals surface area (Å²) in [5, 5.41) is 15.2. The first-order valence-electron chi connectivity index (χ1n) is 8.19. The van der Waals surface area contributed by atoms with Crippen molar-refractivity contribution in [1.29, 1.82) is 0 Å². The number of hydrogen-bond donors (Lipinski definition) is 2. The third kappa shape index (κ3) is 6.95. The highest BCUT2D eigenvalue weighted by atomic mass is 16.5. The van der Waals surface area contributed by atoms with Crippen LogP contribution in [0.25, 0.3) is 0 Å². The fourth-order valence-electron chi connectivity index (χ4n) is 2.36. The quantitative estimate of drug-likeness (QED) is 0.822. The van der Waals surface area contributed by atoms with Gasteiger partial charge in [0, 0.05) is 0 Å². The van der Waals surface area contributed by atoms with Crippen molar-refractivity contribution >= 4 is 0 Å². The zero-order valence-electron chi connectivity index (χ0n) is 14.2. The van der Waals surface area contributed by atoms with E-state index in [0.29, 0.717) is 13.2 Å². The van der Waals surface area contributed by atoms with E-state index in [0.717, 1.165) is 12.8 Å². The van der Waals surface area contributed by atoms with Gasteiger partial charge in [0.05, 0.1) is 26.4 Å². The first-order valence-corrected chi connectivity index (χ1v) is 8.19. The van der Waals surface area contributed by atoms with Crippen molar-refractivity contribution in [2.24, 2.45) is 0 Å². The van der Waals surface area contributed by atoms with E-state index in [1.54, 1.807) is 0 Å². The van der Waals surface area contributed by atoms with Crippen molar-refractivity contribution in [3.63, 3.8) is 0 Å². The molecule has 2 aromatic carbocycles. The lowest BCUT2D eigenvalue weighted by molar-refractivity contribution is 0.106. The van der Waals surface area contributed by atoms with Gasteiger partial charge in [-0.15, -0.1) is 0 Å². The van der Waals surface area contributed by atoms with Crippen molar-refractivity contribution in [2.45, 2.75) is 39.9 Å². The van der Waals surface area contributed by atoms with Gasteiger partial charge >= 0.3 is 0 Å². The Balaban J connectivity index is 0.000000593. The van der Waals surface area contributed by atoms with Gasteiger partial charge in [-0.3, -0.25) is 0 Å². The number of rotatable bonds is 7. The Labute approximate surface area is 139 Å². The zero-order valence-corrected chi connectivity index (χ0v) is 14.2. The summed E-state index contributed by atoms with van der Waals surface area (Å²) in [4.78, 5) is 0. The number of ether oxygens (including phenoxy) is 1. The molecular weight excluding hydrogens is 288 g/mol. The van der Waals surface area contributed by atoms with E-state index < -0.39 is 0 Å². The Morgan fingerprint density at radius 3 is 1.30 bits per heavy atom. The first kappa shape index (κ1) is 19.4. The third-order valence-corrected chi connectivity index (χ3v) is 3.61. The van der Waals surface area contributed by atoms with Crippen LogP contribution in [0.1, 0.15) is 36.1 Å². The van der Waals surface area contributed by atoms with Crippen LogP contribution in [0.15, 0.2) is 48.5 Å². The molecule has 0 aromatic heterocycles. The molecule has 0 heterocycles. The standard InChI is InChI=1S/C18H22O.C2H6O2/c1-3-15-9-5-7-11-17(15)13-19-14-18-12-8-6-10-16(18)4-2;3-1-2-4/h5-12H,3-4,13-14H2,1-2H3;3-4H,1-2H2. The molecule has 0 aliphatic carbocycles. The Morgan fingerprint density at radius 2 is 1.00 bits per heavy atom. The van der Waals surface area contributed by atoms with Crippen molar-refractivity contribution in [1.82, 2.24) is 0 Å². The van der Waals surface area contributed by atoms with E-state index >= 15 is 0 Å². The maximum Gasteiger partial charge on any atom is 0.0724 e. The fraction of sp³-hybridized carbons (Fsp3) is 0.400. The first-order chi connectivity index (χ1) is 11.3. The van der Waals surface area contributed by atoms with Crippen molar-refractivity contribution < 1.29 is 14.9 Å². The van der Waals surface area contributed by atoms with Gasteiger partial charge in [0.2, 0.25) is 0 Å². The van der Waals surface area contributed by atoms with Gasteiger partial charge in [-0.1, -0.05) is 62.4 Å². The van der Waals surface area contributed by atoms with E-state index in [4.69, 9.17) is 14.9 Å².